The average molecular weight is 376 g/mol. The van der Waals surface area contributed by atoms with Crippen LogP contribution in [-0.4, -0.2) is 48.2 Å². The highest BCUT2D eigenvalue weighted by atomic mass is 16.6. The average Bonchev–Trinajstić information content (AvgIpc) is 2.52. The number of carbonyl (C=O) groups excluding carboxylic acids is 3. The van der Waals surface area contributed by atoms with Crippen LogP contribution in [0.1, 0.15) is 46.1 Å². The molecule has 1 aliphatic heterocycles. The molecule has 0 spiro atoms. The van der Waals surface area contributed by atoms with Gasteiger partial charge in [-0.05, 0) is 39.7 Å². The summed E-state index contributed by atoms with van der Waals surface area (Å²) in [5.74, 6) is -0.643. The van der Waals surface area contributed by atoms with Gasteiger partial charge in [-0.1, -0.05) is 30.3 Å². The number of rotatable bonds is 5. The molecule has 0 bridgehead atoms. The number of likely N-dealkylation sites (tertiary alicyclic amines) is 1. The zero-order chi connectivity index (χ0) is 20.2. The van der Waals surface area contributed by atoms with E-state index in [4.69, 9.17) is 9.47 Å². The summed E-state index contributed by atoms with van der Waals surface area (Å²) in [6.07, 6.45) is -0.0150. The summed E-state index contributed by atoms with van der Waals surface area (Å²) in [5.41, 5.74) is -0.852. The van der Waals surface area contributed by atoms with Crippen molar-refractivity contribution in [2.45, 2.75) is 57.7 Å². The van der Waals surface area contributed by atoms with Crippen molar-refractivity contribution in [2.24, 2.45) is 0 Å². The van der Waals surface area contributed by atoms with Crippen LogP contribution in [0.15, 0.2) is 30.3 Å². The number of esters is 1. The number of alkyl carbamates (subject to hydrolysis) is 1. The van der Waals surface area contributed by atoms with Gasteiger partial charge in [-0.2, -0.15) is 0 Å². The van der Waals surface area contributed by atoms with Crippen LogP contribution in [0.2, 0.25) is 0 Å². The molecule has 27 heavy (non-hydrogen) atoms. The zero-order valence-electron chi connectivity index (χ0n) is 16.6. The number of nitrogens with zero attached hydrogens (tertiary/aromatic N) is 1. The maximum absolute atomic E-state index is 12.8. The minimum atomic E-state index is -0.975. The Morgan fingerprint density at radius 1 is 1.15 bits per heavy atom. The molecule has 7 heteroatoms. The molecule has 0 aromatic heterocycles. The molecule has 2 atom stereocenters. The van der Waals surface area contributed by atoms with E-state index < -0.39 is 29.2 Å². The SMILES string of the molecule is COC(=O)C1CCN1C(=O)CC(C)(NC(=O)OC(C)(C)C)c1ccccc1. The van der Waals surface area contributed by atoms with Crippen LogP contribution in [0, 0.1) is 0 Å². The van der Waals surface area contributed by atoms with Crippen molar-refractivity contribution in [3.05, 3.63) is 35.9 Å². The van der Waals surface area contributed by atoms with E-state index in [0.29, 0.717) is 13.0 Å². The van der Waals surface area contributed by atoms with Crippen LogP contribution >= 0.6 is 0 Å². The molecule has 1 aliphatic rings. The summed E-state index contributed by atoms with van der Waals surface area (Å²) in [4.78, 5) is 38.5. The fourth-order valence-corrected chi connectivity index (χ4v) is 3.02. The van der Waals surface area contributed by atoms with Crippen molar-refractivity contribution < 1.29 is 23.9 Å². The number of nitrogens with one attached hydrogen (secondary N) is 1. The number of hydrogen-bond donors (Lipinski definition) is 1. The molecule has 1 saturated heterocycles. The van der Waals surface area contributed by atoms with E-state index in [2.05, 4.69) is 5.32 Å². The maximum atomic E-state index is 12.8. The van der Waals surface area contributed by atoms with Gasteiger partial charge in [0.25, 0.3) is 0 Å². The number of hydrogen-bond acceptors (Lipinski definition) is 5. The molecule has 7 nitrogen and oxygen atoms in total. The number of carbonyl (C=O) groups is 3. The van der Waals surface area contributed by atoms with Gasteiger partial charge < -0.3 is 19.7 Å². The lowest BCUT2D eigenvalue weighted by molar-refractivity contribution is -0.160. The molecular weight excluding hydrogens is 348 g/mol. The van der Waals surface area contributed by atoms with Crippen LogP contribution in [0.3, 0.4) is 0 Å². The van der Waals surface area contributed by atoms with E-state index in [1.54, 1.807) is 27.7 Å². The highest BCUT2D eigenvalue weighted by Crippen LogP contribution is 2.29. The third-order valence-corrected chi connectivity index (χ3v) is 4.51. The van der Waals surface area contributed by atoms with Gasteiger partial charge in [0, 0.05) is 6.54 Å². The molecule has 0 radical (unpaired) electrons. The van der Waals surface area contributed by atoms with Crippen molar-refractivity contribution in [2.75, 3.05) is 13.7 Å². The summed E-state index contributed by atoms with van der Waals surface area (Å²) in [7, 11) is 1.31. The first-order valence-corrected chi connectivity index (χ1v) is 9.00. The molecule has 148 valence electrons. The molecule has 1 fully saturated rings. The summed E-state index contributed by atoms with van der Waals surface area (Å²) in [6.45, 7) is 7.60. The Morgan fingerprint density at radius 2 is 1.78 bits per heavy atom. The Bertz CT molecular complexity index is 698. The lowest BCUT2D eigenvalue weighted by atomic mass is 9.87. The third-order valence-electron chi connectivity index (χ3n) is 4.51. The van der Waals surface area contributed by atoms with Crippen molar-refractivity contribution >= 4 is 18.0 Å². The second kappa shape index (κ2) is 7.98. The molecular formula is C20H28N2O5. The standard InChI is InChI=1S/C20H28N2O5/c1-19(2,3)27-18(25)21-20(4,14-9-7-6-8-10-14)13-16(23)22-12-11-15(22)17(24)26-5/h6-10,15H,11-13H2,1-5H3,(H,21,25). The van der Waals surface area contributed by atoms with Crippen LogP contribution in [0.4, 0.5) is 4.79 Å². The molecule has 2 unspecified atom stereocenters. The van der Waals surface area contributed by atoms with Gasteiger partial charge in [0.1, 0.15) is 11.6 Å². The number of amides is 2. The fourth-order valence-electron chi connectivity index (χ4n) is 3.02. The van der Waals surface area contributed by atoms with Crippen molar-refractivity contribution in [3.63, 3.8) is 0 Å². The number of benzene rings is 1. The highest BCUT2D eigenvalue weighted by Gasteiger charge is 2.42. The van der Waals surface area contributed by atoms with Crippen LogP contribution in [-0.2, 0) is 24.6 Å². The fraction of sp³-hybridized carbons (Fsp3) is 0.550. The molecule has 1 aromatic carbocycles. The molecule has 1 aromatic rings. The Hall–Kier alpha value is -2.57. The third kappa shape index (κ3) is 5.21. The van der Waals surface area contributed by atoms with Crippen molar-refractivity contribution in [3.8, 4) is 0 Å². The van der Waals surface area contributed by atoms with E-state index in [0.717, 1.165) is 5.56 Å². The van der Waals surface area contributed by atoms with E-state index >= 15 is 0 Å². The van der Waals surface area contributed by atoms with Crippen LogP contribution in [0.25, 0.3) is 0 Å². The molecule has 1 heterocycles. The molecule has 0 aliphatic carbocycles. The second-order valence-corrected chi connectivity index (χ2v) is 7.92. The van der Waals surface area contributed by atoms with Gasteiger partial charge in [0.15, 0.2) is 0 Å². The van der Waals surface area contributed by atoms with E-state index in [-0.39, 0.29) is 12.3 Å². The van der Waals surface area contributed by atoms with Crippen LogP contribution in [0.5, 0.6) is 0 Å². The Kier molecular flexibility index (Phi) is 6.13. The normalized spacial score (nSPS) is 18.7. The Labute approximate surface area is 160 Å². The molecule has 1 N–H and O–H groups in total. The minimum absolute atomic E-state index is 0.00372. The lowest BCUT2D eigenvalue weighted by Gasteiger charge is -2.41. The maximum Gasteiger partial charge on any atom is 0.408 e. The molecule has 2 amide bonds. The monoisotopic (exact) mass is 376 g/mol. The van der Waals surface area contributed by atoms with Crippen molar-refractivity contribution in [1.82, 2.24) is 10.2 Å². The Balaban J connectivity index is 2.19. The van der Waals surface area contributed by atoms with Gasteiger partial charge in [0.2, 0.25) is 5.91 Å². The second-order valence-electron chi connectivity index (χ2n) is 7.92. The van der Waals surface area contributed by atoms with E-state index in [1.807, 2.05) is 30.3 Å². The smallest absolute Gasteiger partial charge is 0.408 e. The highest BCUT2D eigenvalue weighted by molar-refractivity contribution is 5.87. The first kappa shape index (κ1) is 20.7. The lowest BCUT2D eigenvalue weighted by Crippen LogP contribution is -2.58. The molecule has 2 rings (SSSR count). The van der Waals surface area contributed by atoms with Gasteiger partial charge >= 0.3 is 12.1 Å². The number of ether oxygens (including phenoxy) is 2. The first-order valence-electron chi connectivity index (χ1n) is 9.00. The van der Waals surface area contributed by atoms with Gasteiger partial charge in [-0.25, -0.2) is 9.59 Å². The quantitative estimate of drug-likeness (QED) is 0.799. The van der Waals surface area contributed by atoms with Gasteiger partial charge in [0.05, 0.1) is 19.1 Å². The van der Waals surface area contributed by atoms with Crippen LogP contribution < -0.4 is 5.32 Å². The summed E-state index contributed by atoms with van der Waals surface area (Å²) in [5, 5.41) is 2.83. The summed E-state index contributed by atoms with van der Waals surface area (Å²) in [6, 6.07) is 8.69. The minimum Gasteiger partial charge on any atom is -0.467 e. The largest absolute Gasteiger partial charge is 0.467 e. The van der Waals surface area contributed by atoms with Gasteiger partial charge in [-0.3, -0.25) is 4.79 Å². The van der Waals surface area contributed by atoms with Gasteiger partial charge in [-0.15, -0.1) is 0 Å². The summed E-state index contributed by atoms with van der Waals surface area (Å²) < 4.78 is 10.1. The predicted octanol–water partition coefficient (Wildman–Crippen LogP) is 2.59. The number of methoxy groups -OCH3 is 1. The first-order chi connectivity index (χ1) is 12.6. The summed E-state index contributed by atoms with van der Waals surface area (Å²) >= 11 is 0. The molecule has 0 saturated carbocycles. The van der Waals surface area contributed by atoms with E-state index in [9.17, 15) is 14.4 Å². The van der Waals surface area contributed by atoms with Crippen molar-refractivity contribution in [1.29, 1.82) is 0 Å². The topological polar surface area (TPSA) is 84.9 Å². The Morgan fingerprint density at radius 3 is 2.26 bits per heavy atom. The zero-order valence-corrected chi connectivity index (χ0v) is 16.6. The van der Waals surface area contributed by atoms with E-state index in [1.165, 1.54) is 12.0 Å². The predicted molar refractivity (Wildman–Crippen MR) is 99.9 cm³/mol.